The number of ether oxygens (including phenoxy) is 1. The lowest BCUT2D eigenvalue weighted by Gasteiger charge is -2.26. The molecule has 1 aliphatic rings. The minimum absolute atomic E-state index is 0.453. The Morgan fingerprint density at radius 3 is 2.56 bits per heavy atom. The number of piperidine rings is 1. The molecule has 1 aromatic carbocycles. The fourth-order valence-corrected chi connectivity index (χ4v) is 3.87. The molecular weight excluding hydrogens is 458 g/mol. The van der Waals surface area contributed by atoms with Crippen molar-refractivity contribution < 1.29 is 9.53 Å². The summed E-state index contributed by atoms with van der Waals surface area (Å²) in [7, 11) is 0. The predicted molar refractivity (Wildman–Crippen MR) is 139 cm³/mol. The second-order valence-corrected chi connectivity index (χ2v) is 9.59. The van der Waals surface area contributed by atoms with Crippen molar-refractivity contribution in [1.29, 1.82) is 0 Å². The topological polar surface area (TPSA) is 140 Å². The summed E-state index contributed by atoms with van der Waals surface area (Å²) in [6, 6.07) is 10.3. The van der Waals surface area contributed by atoms with Crippen molar-refractivity contribution in [2.24, 2.45) is 5.73 Å². The minimum Gasteiger partial charge on any atom is -0.444 e. The number of nitrogens with zero attached hydrogens (tertiary/aromatic N) is 6. The van der Waals surface area contributed by atoms with Crippen LogP contribution in [0.2, 0.25) is 0 Å². The van der Waals surface area contributed by atoms with E-state index in [4.69, 9.17) is 10.7 Å². The fraction of sp³-hybridized carbons (Fsp3) is 0.400. The number of benzene rings is 1. The maximum absolute atomic E-state index is 10.0. The summed E-state index contributed by atoms with van der Waals surface area (Å²) in [5, 5.41) is 7.85. The molecule has 36 heavy (non-hydrogen) atoms. The maximum atomic E-state index is 10.0. The van der Waals surface area contributed by atoms with Gasteiger partial charge in [0.25, 0.3) is 0 Å². The number of aromatic nitrogens is 6. The Balaban J connectivity index is 0.000000331. The van der Waals surface area contributed by atoms with E-state index in [2.05, 4.69) is 47.1 Å². The van der Waals surface area contributed by atoms with E-state index in [0.717, 1.165) is 42.6 Å². The van der Waals surface area contributed by atoms with Crippen LogP contribution in [0.15, 0.2) is 49.1 Å². The summed E-state index contributed by atoms with van der Waals surface area (Å²) in [5.41, 5.74) is 7.84. The average Bonchev–Trinajstić information content (AvgIpc) is 3.49. The molecule has 190 valence electrons. The number of hydrogen-bond acceptors (Lipinski definition) is 8. The van der Waals surface area contributed by atoms with Crippen LogP contribution < -0.4 is 16.0 Å². The number of fused-ring (bicyclic) bond motifs is 1. The van der Waals surface area contributed by atoms with Crippen LogP contribution in [0.3, 0.4) is 0 Å². The molecule has 1 saturated heterocycles. The van der Waals surface area contributed by atoms with Crippen LogP contribution in [0.4, 0.5) is 22.2 Å². The van der Waals surface area contributed by atoms with Crippen molar-refractivity contribution in [2.45, 2.75) is 52.2 Å². The van der Waals surface area contributed by atoms with Crippen LogP contribution >= 0.6 is 0 Å². The highest BCUT2D eigenvalue weighted by molar-refractivity contribution is 5.86. The molecule has 5 rings (SSSR count). The number of amides is 1. The molecule has 11 heteroatoms. The van der Waals surface area contributed by atoms with Gasteiger partial charge >= 0.3 is 6.09 Å². The Bertz CT molecular complexity index is 1270. The number of H-pyrrole nitrogens is 1. The van der Waals surface area contributed by atoms with Crippen molar-refractivity contribution in [3.63, 3.8) is 0 Å². The lowest BCUT2D eigenvalue weighted by Crippen LogP contribution is -2.31. The number of carbonyl (C=O) groups is 1. The van der Waals surface area contributed by atoms with Crippen molar-refractivity contribution >= 4 is 34.7 Å². The van der Waals surface area contributed by atoms with Gasteiger partial charge in [-0.15, -0.1) is 0 Å². The first kappa shape index (κ1) is 25.0. The molecule has 0 bridgehead atoms. The van der Waals surface area contributed by atoms with Crippen LogP contribution in [-0.4, -0.2) is 54.5 Å². The van der Waals surface area contributed by atoms with E-state index >= 15 is 0 Å². The monoisotopic (exact) mass is 491 g/mol. The second kappa shape index (κ2) is 11.1. The van der Waals surface area contributed by atoms with Crippen molar-refractivity contribution in [3.8, 4) is 0 Å². The van der Waals surface area contributed by atoms with Gasteiger partial charge in [0.15, 0.2) is 11.5 Å². The third-order valence-electron chi connectivity index (χ3n) is 5.40. The Hall–Kier alpha value is -4.15. The minimum atomic E-state index is -0.725. The third-order valence-corrected chi connectivity index (χ3v) is 5.40. The Morgan fingerprint density at radius 2 is 1.89 bits per heavy atom. The summed E-state index contributed by atoms with van der Waals surface area (Å²) in [4.78, 5) is 29.2. The molecule has 0 atom stereocenters. The molecule has 0 spiro atoms. The predicted octanol–water partition coefficient (Wildman–Crippen LogP) is 4.21. The van der Waals surface area contributed by atoms with Gasteiger partial charge in [-0.05, 0) is 45.6 Å². The van der Waals surface area contributed by atoms with Crippen LogP contribution in [0.25, 0.3) is 11.2 Å². The molecule has 3 aromatic heterocycles. The van der Waals surface area contributed by atoms with Gasteiger partial charge in [-0.2, -0.15) is 15.1 Å². The second-order valence-electron chi connectivity index (χ2n) is 9.59. The van der Waals surface area contributed by atoms with Crippen LogP contribution in [0, 0.1) is 0 Å². The summed E-state index contributed by atoms with van der Waals surface area (Å²) in [5.74, 6) is 1.46. The Morgan fingerprint density at radius 1 is 1.14 bits per heavy atom. The van der Waals surface area contributed by atoms with E-state index in [-0.39, 0.29) is 0 Å². The first-order valence-electron chi connectivity index (χ1n) is 12.0. The first-order chi connectivity index (χ1) is 17.3. The number of anilines is 3. The van der Waals surface area contributed by atoms with Gasteiger partial charge in [0.05, 0.1) is 24.8 Å². The highest BCUT2D eigenvalue weighted by Crippen LogP contribution is 2.25. The van der Waals surface area contributed by atoms with Crippen molar-refractivity contribution in [1.82, 2.24) is 29.7 Å². The standard InChI is InChI=1S/C20H22N8.C5H11NO2/c1-3-7-15(8-4-1)12-28-13-16(11-23-28)24-19-17-18(22-14-21-17)25-20(26-19)27-9-5-2-6-10-27;1-5(2,3)8-4(6)7/h1,3-4,7-8,11,13-14H,2,5-6,9-10,12H2,(H2,21,22,24,25,26);1-3H3,(H2,6,7). The highest BCUT2D eigenvalue weighted by Gasteiger charge is 2.18. The van der Waals surface area contributed by atoms with E-state index in [9.17, 15) is 4.79 Å². The van der Waals surface area contributed by atoms with Crippen LogP contribution in [0.1, 0.15) is 45.6 Å². The lowest BCUT2D eigenvalue weighted by molar-refractivity contribution is 0.0600. The molecular formula is C25H33N9O2. The molecule has 4 N–H and O–H groups in total. The number of nitrogens with two attached hydrogens (primary N) is 1. The van der Waals surface area contributed by atoms with Gasteiger partial charge < -0.3 is 25.7 Å². The van der Waals surface area contributed by atoms with Crippen molar-refractivity contribution in [3.05, 3.63) is 54.6 Å². The summed E-state index contributed by atoms with van der Waals surface area (Å²) >= 11 is 0. The lowest BCUT2D eigenvalue weighted by atomic mass is 10.1. The number of carbonyl (C=O) groups excluding carboxylic acids is 1. The summed E-state index contributed by atoms with van der Waals surface area (Å²) in [6.07, 6.45) is 8.35. The molecule has 11 nitrogen and oxygen atoms in total. The molecule has 4 aromatic rings. The summed E-state index contributed by atoms with van der Waals surface area (Å²) < 4.78 is 6.49. The highest BCUT2D eigenvalue weighted by atomic mass is 16.6. The average molecular weight is 492 g/mol. The molecule has 0 aliphatic carbocycles. The van der Waals surface area contributed by atoms with Gasteiger partial charge in [0.2, 0.25) is 5.95 Å². The van der Waals surface area contributed by atoms with E-state index in [1.165, 1.54) is 24.8 Å². The quantitative estimate of drug-likeness (QED) is 0.377. The fourth-order valence-electron chi connectivity index (χ4n) is 3.87. The number of hydrogen-bond donors (Lipinski definition) is 3. The molecule has 1 aliphatic heterocycles. The first-order valence-corrected chi connectivity index (χ1v) is 12.0. The van der Waals surface area contributed by atoms with Gasteiger partial charge in [-0.1, -0.05) is 30.3 Å². The third kappa shape index (κ3) is 6.94. The molecule has 0 saturated carbocycles. The Kier molecular flexibility index (Phi) is 7.67. The molecule has 0 radical (unpaired) electrons. The van der Waals surface area contributed by atoms with Crippen molar-refractivity contribution in [2.75, 3.05) is 23.3 Å². The van der Waals surface area contributed by atoms with E-state index in [1.54, 1.807) is 27.1 Å². The van der Waals surface area contributed by atoms with Gasteiger partial charge in [-0.3, -0.25) is 4.68 Å². The van der Waals surface area contributed by atoms with Crippen LogP contribution in [-0.2, 0) is 11.3 Å². The number of imidazole rings is 1. The van der Waals surface area contributed by atoms with Gasteiger partial charge in [0, 0.05) is 19.3 Å². The molecule has 4 heterocycles. The zero-order valence-electron chi connectivity index (χ0n) is 20.9. The van der Waals surface area contributed by atoms with E-state index < -0.39 is 11.7 Å². The number of rotatable bonds is 5. The Labute approximate surface area is 210 Å². The molecule has 0 unspecified atom stereocenters. The van der Waals surface area contributed by atoms with Gasteiger partial charge in [0.1, 0.15) is 11.1 Å². The number of nitrogens with one attached hydrogen (secondary N) is 2. The van der Waals surface area contributed by atoms with Gasteiger partial charge in [-0.25, -0.2) is 9.78 Å². The normalized spacial score (nSPS) is 13.7. The summed E-state index contributed by atoms with van der Waals surface area (Å²) in [6.45, 7) is 7.99. The SMILES string of the molecule is CC(C)(C)OC(N)=O.c1ccc(Cn2cc(Nc3nc(N4CCCCC4)nc4nc[nH]c34)cn2)cc1. The largest absolute Gasteiger partial charge is 0.444 e. The molecule has 1 amide bonds. The zero-order valence-corrected chi connectivity index (χ0v) is 20.9. The maximum Gasteiger partial charge on any atom is 0.405 e. The van der Waals surface area contributed by atoms with E-state index in [0.29, 0.717) is 5.65 Å². The molecule has 1 fully saturated rings. The zero-order chi connectivity index (χ0) is 25.5. The van der Waals surface area contributed by atoms with Crippen LogP contribution in [0.5, 0.6) is 0 Å². The smallest absolute Gasteiger partial charge is 0.405 e. The number of primary amides is 1. The number of aromatic amines is 1. The van der Waals surface area contributed by atoms with E-state index in [1.807, 2.05) is 35.3 Å².